The molecule has 16 heavy (non-hydrogen) atoms. The molecule has 2 nitrogen and oxygen atoms in total. The predicted octanol–water partition coefficient (Wildman–Crippen LogP) is 2.49. The zero-order chi connectivity index (χ0) is 11.8. The third-order valence-electron chi connectivity index (χ3n) is 1.95. The van der Waals surface area contributed by atoms with Crippen molar-refractivity contribution in [3.05, 3.63) is 47.0 Å². The second kappa shape index (κ2) is 3.86. The molecule has 0 saturated heterocycles. The van der Waals surface area contributed by atoms with E-state index in [2.05, 4.69) is 11.2 Å². The zero-order valence-electron chi connectivity index (χ0n) is 7.78. The van der Waals surface area contributed by atoms with Gasteiger partial charge in [-0.3, -0.25) is 4.21 Å². The summed E-state index contributed by atoms with van der Waals surface area (Å²) in [6, 6.07) is 4.58. The number of rotatable bonds is 1. The van der Waals surface area contributed by atoms with Gasteiger partial charge in [0.05, 0.1) is 5.56 Å². The Morgan fingerprint density at radius 2 is 2.06 bits per heavy atom. The normalized spacial score (nSPS) is 19.9. The van der Waals surface area contributed by atoms with Gasteiger partial charge in [0.25, 0.3) is 0 Å². The van der Waals surface area contributed by atoms with Gasteiger partial charge < -0.3 is 4.99 Å². The second-order valence-corrected chi connectivity index (χ2v) is 4.26. The first-order valence-corrected chi connectivity index (χ1v) is 5.44. The Morgan fingerprint density at radius 3 is 2.62 bits per heavy atom. The molecular weight excluding hydrogens is 239 g/mol. The minimum absolute atomic E-state index is 0.103. The first-order chi connectivity index (χ1) is 7.48. The minimum atomic E-state index is -4.41. The number of alkyl halides is 3. The summed E-state index contributed by atoms with van der Waals surface area (Å²) in [4.78, 5) is 3.65. The van der Waals surface area contributed by atoms with E-state index in [-0.39, 0.29) is 10.6 Å². The molecule has 84 valence electrons. The van der Waals surface area contributed by atoms with Gasteiger partial charge in [-0.05, 0) is 15.8 Å². The van der Waals surface area contributed by atoms with Crippen molar-refractivity contribution >= 4 is 15.8 Å². The first-order valence-electron chi connectivity index (χ1n) is 4.23. The van der Waals surface area contributed by atoms with Crippen LogP contribution in [-0.2, 0) is 17.0 Å². The first kappa shape index (κ1) is 11.1. The summed E-state index contributed by atoms with van der Waals surface area (Å²) in [7, 11) is -1.50. The predicted molar refractivity (Wildman–Crippen MR) is 53.9 cm³/mol. The largest absolute Gasteiger partial charge is 0.443 e. The number of benzene rings is 1. The van der Waals surface area contributed by atoms with Gasteiger partial charge in [-0.25, -0.2) is 0 Å². The van der Waals surface area contributed by atoms with Crippen molar-refractivity contribution in [1.82, 2.24) is 0 Å². The highest BCUT2D eigenvalue weighted by atomic mass is 32.2. The fourth-order valence-electron chi connectivity index (χ4n) is 1.24. The van der Waals surface area contributed by atoms with Crippen molar-refractivity contribution in [2.24, 2.45) is 4.99 Å². The van der Waals surface area contributed by atoms with Gasteiger partial charge in [-0.1, -0.05) is 35.2 Å². The Hall–Kier alpha value is -1.43. The number of nitrogens with zero attached hydrogens (tertiary/aromatic N) is 1. The lowest BCUT2D eigenvalue weighted by Gasteiger charge is -2.12. The summed E-state index contributed by atoms with van der Waals surface area (Å²) in [5, 5.41) is 1.31. The molecule has 2 rings (SSSR count). The fraction of sp³-hybridized carbons (Fsp3) is 0.100. The van der Waals surface area contributed by atoms with Crippen LogP contribution < -0.4 is 0 Å². The Kier molecular flexibility index (Phi) is 2.67. The molecule has 0 spiro atoms. The molecule has 0 radical (unpaired) electrons. The molecule has 0 bridgehead atoms. The maximum absolute atomic E-state index is 12.4. The van der Waals surface area contributed by atoms with Crippen molar-refractivity contribution in [3.63, 3.8) is 0 Å². The Morgan fingerprint density at radius 1 is 1.31 bits per heavy atom. The highest BCUT2D eigenvalue weighted by molar-refractivity contribution is 8.04. The summed E-state index contributed by atoms with van der Waals surface area (Å²) in [5.74, 6) is 0. The van der Waals surface area contributed by atoms with Gasteiger partial charge >= 0.3 is 6.18 Å². The maximum Gasteiger partial charge on any atom is 0.416 e. The van der Waals surface area contributed by atoms with E-state index in [1.54, 1.807) is 0 Å². The minimum Gasteiger partial charge on any atom is -0.443 e. The topological polar surface area (TPSA) is 29.4 Å². The smallest absolute Gasteiger partial charge is 0.416 e. The molecule has 1 heterocycles. The molecule has 1 aliphatic rings. The van der Waals surface area contributed by atoms with Crippen LogP contribution in [0.5, 0.6) is 0 Å². The Labute approximate surface area is 92.0 Å². The van der Waals surface area contributed by atoms with Crippen molar-refractivity contribution in [1.29, 1.82) is 0 Å². The van der Waals surface area contributed by atoms with Gasteiger partial charge in [-0.15, -0.1) is 6.20 Å². The number of aliphatic imine (C=N–C) groups is 1. The molecule has 1 unspecified atom stereocenters. The lowest BCUT2D eigenvalue weighted by molar-refractivity contribution is -0.137. The van der Waals surface area contributed by atoms with Gasteiger partial charge in [0.15, 0.2) is 0 Å². The van der Waals surface area contributed by atoms with E-state index in [1.165, 1.54) is 17.5 Å². The fourth-order valence-corrected chi connectivity index (χ4v) is 2.00. The molecule has 0 aromatic heterocycles. The van der Waals surface area contributed by atoms with Crippen LogP contribution in [0.15, 0.2) is 34.7 Å². The van der Waals surface area contributed by atoms with Crippen LogP contribution in [0.25, 0.3) is 0 Å². The highest BCUT2D eigenvalue weighted by Crippen LogP contribution is 2.30. The average molecular weight is 244 g/mol. The van der Waals surface area contributed by atoms with Crippen LogP contribution in [0.3, 0.4) is 0 Å². The van der Waals surface area contributed by atoms with Gasteiger partial charge in [-0.2, -0.15) is 13.2 Å². The van der Waals surface area contributed by atoms with Crippen molar-refractivity contribution < 1.29 is 17.4 Å². The number of hydrogen-bond acceptors (Lipinski definition) is 2. The lowest BCUT2D eigenvalue weighted by atomic mass is 10.1. The molecule has 1 atom stereocenters. The van der Waals surface area contributed by atoms with E-state index in [0.717, 1.165) is 12.1 Å². The lowest BCUT2D eigenvalue weighted by Crippen LogP contribution is -2.09. The molecule has 0 aliphatic carbocycles. The molecule has 1 aromatic carbocycles. The van der Waals surface area contributed by atoms with Gasteiger partial charge in [0, 0.05) is 0 Å². The third kappa shape index (κ3) is 2.06. The summed E-state index contributed by atoms with van der Waals surface area (Å²) in [5.41, 5.74) is -0.578. The number of hydrogen-bond donors (Lipinski definition) is 0. The molecular formula is C10H5F3NOS-. The van der Waals surface area contributed by atoms with E-state index in [1.807, 2.05) is 0 Å². The van der Waals surface area contributed by atoms with E-state index in [4.69, 9.17) is 0 Å². The van der Waals surface area contributed by atoms with E-state index in [9.17, 15) is 17.4 Å². The second-order valence-electron chi connectivity index (χ2n) is 3.04. The molecule has 0 fully saturated rings. The Bertz CT molecular complexity index is 505. The summed E-state index contributed by atoms with van der Waals surface area (Å²) >= 11 is 0. The van der Waals surface area contributed by atoms with Crippen molar-refractivity contribution in [3.8, 4) is 0 Å². The van der Waals surface area contributed by atoms with E-state index < -0.39 is 22.5 Å². The molecule has 0 N–H and O–H groups in total. The molecule has 0 saturated carbocycles. The standard InChI is InChI=1S/C10H5F3NOS/c11-10(12,13)8-3-1-2-7(6-8)9-14-4-5-16(9)15/h1-3,5-6H/q-1. The van der Waals surface area contributed by atoms with Crippen LogP contribution in [0.1, 0.15) is 11.1 Å². The van der Waals surface area contributed by atoms with Crippen LogP contribution in [0, 0.1) is 6.20 Å². The van der Waals surface area contributed by atoms with Gasteiger partial charge in [0.1, 0.15) is 0 Å². The number of halogens is 3. The highest BCUT2D eigenvalue weighted by Gasteiger charge is 2.30. The van der Waals surface area contributed by atoms with Crippen molar-refractivity contribution in [2.75, 3.05) is 0 Å². The van der Waals surface area contributed by atoms with Crippen molar-refractivity contribution in [2.45, 2.75) is 6.18 Å². The zero-order valence-corrected chi connectivity index (χ0v) is 8.60. The summed E-state index contributed by atoms with van der Waals surface area (Å²) in [6.45, 7) is 0. The molecule has 1 aliphatic heterocycles. The summed E-state index contributed by atoms with van der Waals surface area (Å²) < 4.78 is 48.6. The Balaban J connectivity index is 2.41. The summed E-state index contributed by atoms with van der Waals surface area (Å²) in [6.07, 6.45) is -2.05. The monoisotopic (exact) mass is 244 g/mol. The SMILES string of the molecule is O=S1C=[C-]N=C1c1cccc(C(F)(F)F)c1. The average Bonchev–Trinajstić information content (AvgIpc) is 2.63. The maximum atomic E-state index is 12.4. The van der Waals surface area contributed by atoms with Crippen LogP contribution in [0.2, 0.25) is 0 Å². The quantitative estimate of drug-likeness (QED) is 0.698. The molecule has 6 heteroatoms. The molecule has 1 aromatic rings. The van der Waals surface area contributed by atoms with Gasteiger partial charge in [0.2, 0.25) is 0 Å². The third-order valence-corrected chi connectivity index (χ3v) is 2.98. The van der Waals surface area contributed by atoms with Crippen LogP contribution in [0.4, 0.5) is 13.2 Å². The molecule has 0 amide bonds. The van der Waals surface area contributed by atoms with E-state index >= 15 is 0 Å². The van der Waals surface area contributed by atoms with Crippen LogP contribution in [-0.4, -0.2) is 9.25 Å². The van der Waals surface area contributed by atoms with E-state index in [0.29, 0.717) is 0 Å². The van der Waals surface area contributed by atoms with Crippen LogP contribution >= 0.6 is 0 Å².